The second-order valence-electron chi connectivity index (χ2n) is 4.66. The van der Waals surface area contributed by atoms with Crippen LogP contribution in [0.2, 0.25) is 0 Å². The molecule has 0 unspecified atom stereocenters. The minimum absolute atomic E-state index is 0.437. The molecule has 0 saturated heterocycles. The largest absolute Gasteiger partial charge is 0.486 e. The Kier molecular flexibility index (Phi) is 3.73. The minimum Gasteiger partial charge on any atom is -0.486 e. The van der Waals surface area contributed by atoms with Crippen LogP contribution in [0.4, 0.5) is 4.39 Å². The minimum atomic E-state index is -1.42. The molecule has 0 radical (unpaired) electrons. The maximum atomic E-state index is 14.0. The number of fused-ring (bicyclic) bond motifs is 1. The number of ether oxygens (including phenoxy) is 2. The quantitative estimate of drug-likeness (QED) is 0.838. The van der Waals surface area contributed by atoms with Crippen LogP contribution in [0.1, 0.15) is 25.0 Å². The Morgan fingerprint density at radius 2 is 2.06 bits per heavy atom. The number of hydrogen-bond donors (Lipinski definition) is 1. The van der Waals surface area contributed by atoms with Crippen molar-refractivity contribution in [2.75, 3.05) is 20.3 Å². The predicted molar refractivity (Wildman–Crippen MR) is 65.4 cm³/mol. The highest BCUT2D eigenvalue weighted by atomic mass is 19.1. The third-order valence-electron chi connectivity index (χ3n) is 2.81. The van der Waals surface area contributed by atoms with E-state index in [-0.39, 0.29) is 0 Å². The Bertz CT molecular complexity index is 429. The molecule has 1 heterocycles. The van der Waals surface area contributed by atoms with E-state index in [9.17, 15) is 4.39 Å². The molecule has 1 aromatic carbocycles. The summed E-state index contributed by atoms with van der Waals surface area (Å²) in [5.41, 5.74) is 2.71. The van der Waals surface area contributed by atoms with Crippen molar-refractivity contribution in [1.82, 2.24) is 5.48 Å². The predicted octanol–water partition coefficient (Wildman–Crippen LogP) is 2.31. The van der Waals surface area contributed by atoms with E-state index in [2.05, 4.69) is 5.48 Å². The second kappa shape index (κ2) is 5.12. The summed E-state index contributed by atoms with van der Waals surface area (Å²) in [5.74, 6) is 1.26. The summed E-state index contributed by atoms with van der Waals surface area (Å²) in [6.45, 7) is 4.47. The molecule has 0 fully saturated rings. The van der Waals surface area contributed by atoms with Crippen LogP contribution >= 0.6 is 0 Å². The summed E-state index contributed by atoms with van der Waals surface area (Å²) in [4.78, 5) is 4.82. The average Bonchev–Trinajstić information content (AvgIpc) is 2.34. The maximum absolute atomic E-state index is 14.0. The van der Waals surface area contributed by atoms with E-state index < -0.39 is 5.67 Å². The van der Waals surface area contributed by atoms with Crippen LogP contribution in [0.25, 0.3) is 0 Å². The summed E-state index contributed by atoms with van der Waals surface area (Å²) in [6, 6.07) is 3.48. The van der Waals surface area contributed by atoms with Gasteiger partial charge in [-0.15, -0.1) is 0 Å². The van der Waals surface area contributed by atoms with E-state index in [0.29, 0.717) is 36.8 Å². The molecule has 5 heteroatoms. The maximum Gasteiger partial charge on any atom is 0.165 e. The van der Waals surface area contributed by atoms with Crippen LogP contribution in [0, 0.1) is 0 Å². The number of hydroxylamine groups is 1. The molecule has 1 aliphatic heterocycles. The summed E-state index contributed by atoms with van der Waals surface area (Å²) in [5, 5.41) is 0. The van der Waals surface area contributed by atoms with Gasteiger partial charge in [0.05, 0.1) is 7.11 Å². The molecule has 2 rings (SSSR count). The summed E-state index contributed by atoms with van der Waals surface area (Å²) >= 11 is 0. The van der Waals surface area contributed by atoms with Crippen molar-refractivity contribution >= 4 is 0 Å². The highest BCUT2D eigenvalue weighted by Gasteiger charge is 2.25. The summed E-state index contributed by atoms with van der Waals surface area (Å²) < 4.78 is 25.1. The molecule has 0 spiro atoms. The fraction of sp³-hybridized carbons (Fsp3) is 0.538. The topological polar surface area (TPSA) is 39.7 Å². The van der Waals surface area contributed by atoms with E-state index >= 15 is 0 Å². The van der Waals surface area contributed by atoms with Crippen LogP contribution < -0.4 is 15.0 Å². The van der Waals surface area contributed by atoms with Gasteiger partial charge < -0.3 is 14.3 Å². The Labute approximate surface area is 106 Å². The molecular weight excluding hydrogens is 237 g/mol. The molecule has 1 aliphatic rings. The fourth-order valence-electron chi connectivity index (χ4n) is 1.85. The van der Waals surface area contributed by atoms with Crippen molar-refractivity contribution in [3.63, 3.8) is 0 Å². The number of halogens is 1. The van der Waals surface area contributed by atoms with Gasteiger partial charge in [0, 0.05) is 12.1 Å². The molecule has 0 bridgehead atoms. The first kappa shape index (κ1) is 13.1. The SMILES string of the molecule is CONCc1cc(C(C)(C)F)cc2c1OCCO2. The van der Waals surface area contributed by atoms with Gasteiger partial charge in [0.2, 0.25) is 0 Å². The van der Waals surface area contributed by atoms with E-state index in [0.717, 1.165) is 5.56 Å². The highest BCUT2D eigenvalue weighted by Crippen LogP contribution is 2.39. The highest BCUT2D eigenvalue weighted by molar-refractivity contribution is 5.51. The monoisotopic (exact) mass is 255 g/mol. The molecule has 0 saturated carbocycles. The first-order valence-electron chi connectivity index (χ1n) is 5.90. The number of benzene rings is 1. The zero-order chi connectivity index (χ0) is 13.2. The van der Waals surface area contributed by atoms with Crippen molar-refractivity contribution in [2.45, 2.75) is 26.1 Å². The van der Waals surface area contributed by atoms with Crippen LogP contribution in [0.5, 0.6) is 11.5 Å². The molecule has 4 nitrogen and oxygen atoms in total. The normalized spacial score (nSPS) is 14.7. The lowest BCUT2D eigenvalue weighted by molar-refractivity contribution is 0.0847. The smallest absolute Gasteiger partial charge is 0.165 e. The third-order valence-corrected chi connectivity index (χ3v) is 2.81. The van der Waals surface area contributed by atoms with Crippen molar-refractivity contribution in [3.8, 4) is 11.5 Å². The van der Waals surface area contributed by atoms with Gasteiger partial charge in [0.25, 0.3) is 0 Å². The van der Waals surface area contributed by atoms with Crippen molar-refractivity contribution < 1.29 is 18.7 Å². The molecular formula is C13H18FNO3. The van der Waals surface area contributed by atoms with Crippen LogP contribution in [-0.2, 0) is 17.1 Å². The Morgan fingerprint density at radius 3 is 2.72 bits per heavy atom. The molecule has 0 aromatic heterocycles. The standard InChI is InChI=1S/C13H18FNO3/c1-13(2,14)10-6-9(8-15-16-3)12-11(7-10)17-4-5-18-12/h6-7,15H,4-5,8H2,1-3H3. The van der Waals surface area contributed by atoms with Gasteiger partial charge in [-0.3, -0.25) is 0 Å². The third kappa shape index (κ3) is 2.73. The van der Waals surface area contributed by atoms with Crippen LogP contribution in [0.3, 0.4) is 0 Å². The second-order valence-corrected chi connectivity index (χ2v) is 4.66. The van der Waals surface area contributed by atoms with Gasteiger partial charge in [-0.05, 0) is 31.5 Å². The molecule has 0 aliphatic carbocycles. The van der Waals surface area contributed by atoms with Gasteiger partial charge in [-0.1, -0.05) is 0 Å². The van der Waals surface area contributed by atoms with E-state index in [4.69, 9.17) is 14.3 Å². The van der Waals surface area contributed by atoms with Gasteiger partial charge in [-0.2, -0.15) is 5.48 Å². The number of rotatable bonds is 4. The lowest BCUT2D eigenvalue weighted by Gasteiger charge is -2.24. The van der Waals surface area contributed by atoms with E-state index in [1.165, 1.54) is 21.0 Å². The molecule has 18 heavy (non-hydrogen) atoms. The zero-order valence-corrected chi connectivity index (χ0v) is 10.9. The van der Waals surface area contributed by atoms with Crippen molar-refractivity contribution in [2.24, 2.45) is 0 Å². The van der Waals surface area contributed by atoms with Crippen molar-refractivity contribution in [3.05, 3.63) is 23.3 Å². The Morgan fingerprint density at radius 1 is 1.33 bits per heavy atom. The van der Waals surface area contributed by atoms with Crippen LogP contribution in [0.15, 0.2) is 12.1 Å². The molecule has 0 atom stereocenters. The zero-order valence-electron chi connectivity index (χ0n) is 10.9. The van der Waals surface area contributed by atoms with Gasteiger partial charge in [0.15, 0.2) is 11.5 Å². The molecule has 1 aromatic rings. The number of alkyl halides is 1. The lowest BCUT2D eigenvalue weighted by atomic mass is 9.96. The lowest BCUT2D eigenvalue weighted by Crippen LogP contribution is -2.21. The summed E-state index contributed by atoms with van der Waals surface area (Å²) in [6.07, 6.45) is 0. The first-order chi connectivity index (χ1) is 8.52. The fourth-order valence-corrected chi connectivity index (χ4v) is 1.85. The summed E-state index contributed by atoms with van der Waals surface area (Å²) in [7, 11) is 1.53. The molecule has 0 amide bonds. The molecule has 100 valence electrons. The number of hydrogen-bond acceptors (Lipinski definition) is 4. The Balaban J connectivity index is 2.41. The van der Waals surface area contributed by atoms with Crippen LogP contribution in [-0.4, -0.2) is 20.3 Å². The van der Waals surface area contributed by atoms with Crippen molar-refractivity contribution in [1.29, 1.82) is 0 Å². The van der Waals surface area contributed by atoms with E-state index in [1.807, 2.05) is 0 Å². The van der Waals surface area contributed by atoms with Gasteiger partial charge in [-0.25, -0.2) is 4.39 Å². The number of nitrogens with one attached hydrogen (secondary N) is 1. The Hall–Kier alpha value is -1.33. The average molecular weight is 255 g/mol. The van der Waals surface area contributed by atoms with Gasteiger partial charge >= 0.3 is 0 Å². The first-order valence-corrected chi connectivity index (χ1v) is 5.90. The van der Waals surface area contributed by atoms with E-state index in [1.54, 1.807) is 12.1 Å². The molecule has 1 N–H and O–H groups in total. The van der Waals surface area contributed by atoms with Gasteiger partial charge in [0.1, 0.15) is 18.9 Å².